The molecule has 0 heterocycles. The SMILES string of the molecule is CCC(C)SCC(=O)c1ccc2c(c1)CCC2. The van der Waals surface area contributed by atoms with Crippen LogP contribution in [0.5, 0.6) is 0 Å². The van der Waals surface area contributed by atoms with Crippen LogP contribution < -0.4 is 0 Å². The van der Waals surface area contributed by atoms with Crippen molar-refractivity contribution in [1.82, 2.24) is 0 Å². The second-order valence-electron chi connectivity index (χ2n) is 4.79. The van der Waals surface area contributed by atoms with Crippen LogP contribution in [0.15, 0.2) is 18.2 Å². The topological polar surface area (TPSA) is 17.1 Å². The van der Waals surface area contributed by atoms with E-state index in [1.807, 2.05) is 6.07 Å². The van der Waals surface area contributed by atoms with E-state index in [0.29, 0.717) is 11.0 Å². The van der Waals surface area contributed by atoms with Gasteiger partial charge in [-0.05, 0) is 42.9 Å². The second kappa shape index (κ2) is 5.72. The van der Waals surface area contributed by atoms with Crippen LogP contribution in [0.25, 0.3) is 0 Å². The number of rotatable bonds is 5. The number of carbonyl (C=O) groups excluding carboxylic acids is 1. The highest BCUT2D eigenvalue weighted by Gasteiger charge is 2.14. The van der Waals surface area contributed by atoms with Crippen LogP contribution in [0.4, 0.5) is 0 Å². The Morgan fingerprint density at radius 1 is 1.35 bits per heavy atom. The lowest BCUT2D eigenvalue weighted by Gasteiger charge is -2.08. The third kappa shape index (κ3) is 3.12. The van der Waals surface area contributed by atoms with Crippen molar-refractivity contribution in [3.63, 3.8) is 0 Å². The Kier molecular flexibility index (Phi) is 4.27. The first-order valence-electron chi connectivity index (χ1n) is 6.47. The molecular formula is C15H20OS. The van der Waals surface area contributed by atoms with Gasteiger partial charge in [-0.15, -0.1) is 0 Å². The molecule has 0 N–H and O–H groups in total. The van der Waals surface area contributed by atoms with E-state index in [1.54, 1.807) is 11.8 Å². The molecule has 1 aromatic rings. The highest BCUT2D eigenvalue weighted by atomic mass is 32.2. The maximum Gasteiger partial charge on any atom is 0.172 e. The van der Waals surface area contributed by atoms with Crippen molar-refractivity contribution in [2.75, 3.05) is 5.75 Å². The molecule has 1 aliphatic carbocycles. The fourth-order valence-electron chi connectivity index (χ4n) is 2.16. The van der Waals surface area contributed by atoms with Gasteiger partial charge in [0.1, 0.15) is 0 Å². The lowest BCUT2D eigenvalue weighted by molar-refractivity contribution is 0.102. The van der Waals surface area contributed by atoms with Gasteiger partial charge >= 0.3 is 0 Å². The van der Waals surface area contributed by atoms with Crippen molar-refractivity contribution in [2.24, 2.45) is 0 Å². The minimum atomic E-state index is 0.282. The molecule has 0 bridgehead atoms. The summed E-state index contributed by atoms with van der Waals surface area (Å²) in [6, 6.07) is 6.26. The van der Waals surface area contributed by atoms with E-state index in [4.69, 9.17) is 0 Å². The Morgan fingerprint density at radius 3 is 2.88 bits per heavy atom. The molecule has 0 aromatic heterocycles. The molecule has 1 aliphatic rings. The molecule has 0 radical (unpaired) electrons. The van der Waals surface area contributed by atoms with Gasteiger partial charge in [0.25, 0.3) is 0 Å². The van der Waals surface area contributed by atoms with Gasteiger partial charge in [-0.3, -0.25) is 4.79 Å². The van der Waals surface area contributed by atoms with Crippen molar-refractivity contribution < 1.29 is 4.79 Å². The lowest BCUT2D eigenvalue weighted by Crippen LogP contribution is -2.06. The smallest absolute Gasteiger partial charge is 0.172 e. The van der Waals surface area contributed by atoms with Crippen LogP contribution in [0, 0.1) is 0 Å². The number of hydrogen-bond donors (Lipinski definition) is 0. The van der Waals surface area contributed by atoms with Crippen LogP contribution in [0.2, 0.25) is 0 Å². The van der Waals surface area contributed by atoms with Crippen LogP contribution in [0.3, 0.4) is 0 Å². The summed E-state index contributed by atoms with van der Waals surface area (Å²) in [6.45, 7) is 4.35. The van der Waals surface area contributed by atoms with Crippen molar-refractivity contribution in [3.8, 4) is 0 Å². The number of aryl methyl sites for hydroxylation is 2. The van der Waals surface area contributed by atoms with Gasteiger partial charge in [-0.25, -0.2) is 0 Å². The van der Waals surface area contributed by atoms with E-state index in [9.17, 15) is 4.79 Å². The van der Waals surface area contributed by atoms with E-state index < -0.39 is 0 Å². The van der Waals surface area contributed by atoms with Crippen LogP contribution in [-0.2, 0) is 12.8 Å². The molecule has 2 heteroatoms. The molecule has 17 heavy (non-hydrogen) atoms. The minimum absolute atomic E-state index is 0.282. The molecule has 0 spiro atoms. The van der Waals surface area contributed by atoms with Gasteiger partial charge < -0.3 is 0 Å². The zero-order valence-corrected chi connectivity index (χ0v) is 11.5. The lowest BCUT2D eigenvalue weighted by atomic mass is 10.0. The molecule has 0 aliphatic heterocycles. The predicted octanol–water partition coefficient (Wildman–Crippen LogP) is 3.89. The number of thioether (sulfide) groups is 1. The van der Waals surface area contributed by atoms with E-state index in [2.05, 4.69) is 26.0 Å². The third-order valence-corrected chi connectivity index (χ3v) is 4.83. The number of benzene rings is 1. The Hall–Kier alpha value is -0.760. The average molecular weight is 248 g/mol. The molecule has 0 saturated heterocycles. The Bertz CT molecular complexity index is 411. The Balaban J connectivity index is 2.00. The summed E-state index contributed by atoms with van der Waals surface area (Å²) in [5, 5.41) is 0.577. The van der Waals surface area contributed by atoms with Crippen molar-refractivity contribution in [1.29, 1.82) is 0 Å². The number of hydrogen-bond acceptors (Lipinski definition) is 2. The number of Topliss-reactive ketones (excluding diaryl/α,β-unsaturated/α-hetero) is 1. The summed E-state index contributed by atoms with van der Waals surface area (Å²) in [5.74, 6) is 0.901. The maximum absolute atomic E-state index is 12.0. The van der Waals surface area contributed by atoms with E-state index in [1.165, 1.54) is 24.0 Å². The largest absolute Gasteiger partial charge is 0.293 e. The molecule has 1 nitrogen and oxygen atoms in total. The number of ketones is 1. The normalized spacial score (nSPS) is 15.6. The van der Waals surface area contributed by atoms with Gasteiger partial charge in [0.2, 0.25) is 0 Å². The predicted molar refractivity (Wildman–Crippen MR) is 75.0 cm³/mol. The van der Waals surface area contributed by atoms with Gasteiger partial charge in [0.05, 0.1) is 5.75 Å². The highest BCUT2D eigenvalue weighted by molar-refractivity contribution is 8.00. The van der Waals surface area contributed by atoms with Gasteiger partial charge in [-0.2, -0.15) is 11.8 Å². The Morgan fingerprint density at radius 2 is 2.12 bits per heavy atom. The van der Waals surface area contributed by atoms with Crippen molar-refractivity contribution >= 4 is 17.5 Å². The molecule has 1 aromatic carbocycles. The fourth-order valence-corrected chi connectivity index (χ4v) is 3.00. The van der Waals surface area contributed by atoms with E-state index in [-0.39, 0.29) is 5.78 Å². The summed E-state index contributed by atoms with van der Waals surface area (Å²) in [6.07, 6.45) is 4.71. The first kappa shape index (κ1) is 12.7. The first-order valence-corrected chi connectivity index (χ1v) is 7.52. The van der Waals surface area contributed by atoms with Gasteiger partial charge in [-0.1, -0.05) is 26.0 Å². The molecule has 0 amide bonds. The Labute approximate surface area is 108 Å². The molecule has 92 valence electrons. The summed E-state index contributed by atoms with van der Waals surface area (Å²) in [7, 11) is 0. The molecule has 0 fully saturated rings. The monoisotopic (exact) mass is 248 g/mol. The average Bonchev–Trinajstić information content (AvgIpc) is 2.82. The van der Waals surface area contributed by atoms with Gasteiger partial charge in [0.15, 0.2) is 5.78 Å². The molecular weight excluding hydrogens is 228 g/mol. The summed E-state index contributed by atoms with van der Waals surface area (Å²) in [5.41, 5.74) is 3.74. The summed E-state index contributed by atoms with van der Waals surface area (Å²) < 4.78 is 0. The quantitative estimate of drug-likeness (QED) is 0.735. The third-order valence-electron chi connectivity index (χ3n) is 3.49. The zero-order valence-electron chi connectivity index (χ0n) is 10.7. The summed E-state index contributed by atoms with van der Waals surface area (Å²) in [4.78, 5) is 12.0. The highest BCUT2D eigenvalue weighted by Crippen LogP contribution is 2.24. The molecule has 1 atom stereocenters. The van der Waals surface area contributed by atoms with Crippen LogP contribution >= 0.6 is 11.8 Å². The molecule has 0 saturated carbocycles. The fraction of sp³-hybridized carbons (Fsp3) is 0.533. The zero-order chi connectivity index (χ0) is 12.3. The number of carbonyl (C=O) groups is 1. The first-order chi connectivity index (χ1) is 8.20. The van der Waals surface area contributed by atoms with Crippen molar-refractivity contribution in [2.45, 2.75) is 44.8 Å². The second-order valence-corrected chi connectivity index (χ2v) is 6.22. The molecule has 2 rings (SSSR count). The van der Waals surface area contributed by atoms with Gasteiger partial charge in [0, 0.05) is 10.8 Å². The maximum atomic E-state index is 12.0. The van der Waals surface area contributed by atoms with E-state index in [0.717, 1.165) is 18.4 Å². The van der Waals surface area contributed by atoms with Crippen LogP contribution in [0.1, 0.15) is 48.2 Å². The van der Waals surface area contributed by atoms with E-state index >= 15 is 0 Å². The standard InChI is InChI=1S/C15H20OS/c1-3-11(2)17-10-15(16)14-8-7-12-5-4-6-13(12)9-14/h7-9,11H,3-6,10H2,1-2H3. The molecule has 1 unspecified atom stereocenters. The van der Waals surface area contributed by atoms with Crippen LogP contribution in [-0.4, -0.2) is 16.8 Å². The summed E-state index contributed by atoms with van der Waals surface area (Å²) >= 11 is 1.76. The minimum Gasteiger partial charge on any atom is -0.293 e. The van der Waals surface area contributed by atoms with Crippen molar-refractivity contribution in [3.05, 3.63) is 34.9 Å². The number of fused-ring (bicyclic) bond motifs is 1.